The van der Waals surface area contributed by atoms with Gasteiger partial charge in [0.15, 0.2) is 17.9 Å². The van der Waals surface area contributed by atoms with E-state index in [-0.39, 0.29) is 46.8 Å². The molecular formula is C25H28O9. The molecule has 1 saturated heterocycles. The highest BCUT2D eigenvalue weighted by Crippen LogP contribution is 2.46. The number of phenols is 1. The maximum absolute atomic E-state index is 13.7. The van der Waals surface area contributed by atoms with Crippen molar-refractivity contribution in [2.45, 2.75) is 64.6 Å². The quantitative estimate of drug-likeness (QED) is 0.569. The summed E-state index contributed by atoms with van der Waals surface area (Å²) in [6.07, 6.45) is -1.31. The fourth-order valence-electron chi connectivity index (χ4n) is 4.70. The molecule has 9 nitrogen and oxygen atoms in total. The molecule has 0 radical (unpaired) electrons. The lowest BCUT2D eigenvalue weighted by atomic mass is 9.78. The number of carbonyl (C=O) groups excluding carboxylic acids is 3. The predicted molar refractivity (Wildman–Crippen MR) is 119 cm³/mol. The number of Topliss-reactive ketones (excluding diaryl/α,β-unsaturated/α-hetero) is 3. The molecule has 34 heavy (non-hydrogen) atoms. The third kappa shape index (κ3) is 4.09. The van der Waals surface area contributed by atoms with E-state index in [2.05, 4.69) is 0 Å². The van der Waals surface area contributed by atoms with Crippen LogP contribution in [0.25, 0.3) is 6.08 Å². The topological polar surface area (TPSA) is 140 Å². The van der Waals surface area contributed by atoms with Gasteiger partial charge < -0.3 is 29.5 Å². The first-order valence-electron chi connectivity index (χ1n) is 11.3. The van der Waals surface area contributed by atoms with Crippen LogP contribution < -0.4 is 0 Å². The Morgan fingerprint density at radius 2 is 1.97 bits per heavy atom. The number of aliphatic hydroxyl groups is 2. The van der Waals surface area contributed by atoms with E-state index in [0.29, 0.717) is 23.3 Å². The Hall–Kier alpha value is -2.85. The Morgan fingerprint density at radius 1 is 1.24 bits per heavy atom. The van der Waals surface area contributed by atoms with E-state index in [0.717, 1.165) is 6.42 Å². The minimum absolute atomic E-state index is 0.00278. The van der Waals surface area contributed by atoms with Gasteiger partial charge >= 0.3 is 0 Å². The second-order valence-electron chi connectivity index (χ2n) is 8.82. The molecule has 9 heteroatoms. The van der Waals surface area contributed by atoms with Gasteiger partial charge in [-0.3, -0.25) is 14.4 Å². The summed E-state index contributed by atoms with van der Waals surface area (Å²) in [5, 5.41) is 30.7. The van der Waals surface area contributed by atoms with Crippen LogP contribution in [-0.2, 0) is 19.0 Å². The molecule has 2 aliphatic heterocycles. The van der Waals surface area contributed by atoms with Gasteiger partial charge in [0.2, 0.25) is 0 Å². The zero-order valence-corrected chi connectivity index (χ0v) is 19.3. The molecule has 0 amide bonds. The van der Waals surface area contributed by atoms with Crippen LogP contribution in [0.4, 0.5) is 0 Å². The van der Waals surface area contributed by atoms with Crippen LogP contribution in [0.15, 0.2) is 23.0 Å². The fourth-order valence-corrected chi connectivity index (χ4v) is 4.70. The third-order valence-corrected chi connectivity index (χ3v) is 6.23. The molecule has 1 unspecified atom stereocenters. The maximum atomic E-state index is 13.7. The smallest absolute Gasteiger partial charge is 0.199 e. The highest BCUT2D eigenvalue weighted by molar-refractivity contribution is 6.29. The number of allylic oxidation sites excluding steroid dienone is 2. The average molecular weight is 472 g/mol. The first-order chi connectivity index (χ1) is 16.2. The van der Waals surface area contributed by atoms with Crippen LogP contribution in [0.1, 0.15) is 78.0 Å². The number of hydrogen-bond donors (Lipinski definition) is 3. The van der Waals surface area contributed by atoms with Crippen LogP contribution in [0.5, 0.6) is 5.75 Å². The number of rotatable bonds is 6. The number of hydrogen-bond acceptors (Lipinski definition) is 9. The molecule has 3 aliphatic rings. The summed E-state index contributed by atoms with van der Waals surface area (Å²) in [5.41, 5.74) is 0.526. The van der Waals surface area contributed by atoms with Gasteiger partial charge in [0.05, 0.1) is 30.1 Å². The second kappa shape index (κ2) is 9.42. The van der Waals surface area contributed by atoms with E-state index in [4.69, 9.17) is 14.2 Å². The molecule has 1 aromatic carbocycles. The van der Waals surface area contributed by atoms with Crippen molar-refractivity contribution >= 4 is 23.4 Å². The lowest BCUT2D eigenvalue weighted by molar-refractivity contribution is -0.241. The second-order valence-corrected chi connectivity index (χ2v) is 8.82. The van der Waals surface area contributed by atoms with Gasteiger partial charge in [-0.2, -0.15) is 0 Å². The Balaban J connectivity index is 1.89. The Kier molecular flexibility index (Phi) is 6.73. The highest BCUT2D eigenvalue weighted by atomic mass is 16.7. The van der Waals surface area contributed by atoms with Crippen molar-refractivity contribution in [3.8, 4) is 5.75 Å². The Labute approximate surface area is 196 Å². The molecule has 0 saturated carbocycles. The molecule has 0 spiro atoms. The number of aromatic hydroxyl groups is 1. The fraction of sp³-hybridized carbons (Fsp3) is 0.480. The van der Waals surface area contributed by atoms with Crippen molar-refractivity contribution in [1.82, 2.24) is 0 Å². The summed E-state index contributed by atoms with van der Waals surface area (Å²) in [6.45, 7) is 4.27. The molecule has 1 aromatic rings. The molecular weight excluding hydrogens is 444 g/mol. The van der Waals surface area contributed by atoms with E-state index in [9.17, 15) is 29.7 Å². The number of ether oxygens (including phenoxy) is 3. The molecule has 0 bridgehead atoms. The number of fused-ring (bicyclic) bond motifs is 2. The molecule has 2 heterocycles. The number of ketones is 3. The Bertz CT molecular complexity index is 1110. The largest absolute Gasteiger partial charge is 0.507 e. The van der Waals surface area contributed by atoms with Gasteiger partial charge in [0, 0.05) is 23.1 Å². The monoisotopic (exact) mass is 472 g/mol. The summed E-state index contributed by atoms with van der Waals surface area (Å²) in [5.74, 6) is -1.35. The highest BCUT2D eigenvalue weighted by Gasteiger charge is 2.44. The molecule has 3 N–H and O–H groups in total. The molecule has 1 aliphatic carbocycles. The van der Waals surface area contributed by atoms with Crippen LogP contribution in [-0.4, -0.2) is 64.4 Å². The van der Waals surface area contributed by atoms with Crippen molar-refractivity contribution in [1.29, 1.82) is 0 Å². The van der Waals surface area contributed by atoms with Crippen molar-refractivity contribution in [3.63, 3.8) is 0 Å². The van der Waals surface area contributed by atoms with Crippen molar-refractivity contribution < 1.29 is 43.9 Å². The molecule has 182 valence electrons. The normalized spacial score (nSPS) is 26.6. The predicted octanol–water partition coefficient (Wildman–Crippen LogP) is 2.37. The van der Waals surface area contributed by atoms with Crippen LogP contribution in [0.3, 0.4) is 0 Å². The molecule has 0 aromatic heterocycles. The zero-order chi connectivity index (χ0) is 24.7. The van der Waals surface area contributed by atoms with Gasteiger partial charge in [0.25, 0.3) is 0 Å². The van der Waals surface area contributed by atoms with E-state index >= 15 is 0 Å². The molecule has 4 rings (SSSR count). The zero-order valence-electron chi connectivity index (χ0n) is 19.3. The number of aliphatic hydroxyl groups excluding tert-OH is 2. The SMILES string of the molecule is CCCC1OC(C)=Cc2cc3c(c(O)c21)C(=O)C([C@H]1OC[C@H](O)[C@@H](CO)O1)=C(CC(C)=O)C3=O. The number of carbonyl (C=O) groups is 3. The summed E-state index contributed by atoms with van der Waals surface area (Å²) in [6, 6.07) is 1.55. The molecule has 1 fully saturated rings. The minimum Gasteiger partial charge on any atom is -0.507 e. The summed E-state index contributed by atoms with van der Waals surface area (Å²) >= 11 is 0. The number of phenolic OH excluding ortho intramolecular Hbond substituents is 1. The van der Waals surface area contributed by atoms with E-state index in [1.807, 2.05) is 6.92 Å². The first-order valence-corrected chi connectivity index (χ1v) is 11.3. The van der Waals surface area contributed by atoms with Gasteiger partial charge in [-0.1, -0.05) is 13.3 Å². The lowest BCUT2D eigenvalue weighted by Gasteiger charge is -2.36. The van der Waals surface area contributed by atoms with Crippen LogP contribution in [0.2, 0.25) is 0 Å². The van der Waals surface area contributed by atoms with Crippen molar-refractivity contribution in [3.05, 3.63) is 45.2 Å². The lowest BCUT2D eigenvalue weighted by Crippen LogP contribution is -2.48. The third-order valence-electron chi connectivity index (χ3n) is 6.23. The van der Waals surface area contributed by atoms with Gasteiger partial charge in [0.1, 0.15) is 29.8 Å². The maximum Gasteiger partial charge on any atom is 0.199 e. The summed E-state index contributed by atoms with van der Waals surface area (Å²) < 4.78 is 17.0. The standard InChI is InChI=1S/C25H28O9/c1-4-5-17-19-13(7-12(3)33-17)8-15-20(23(19)30)24(31)21(14(22(15)29)6-11(2)27)25-32-10-16(28)18(9-26)34-25/h7-8,16-18,25-26,28,30H,4-6,9-10H2,1-3H3/t16-,17?,18+,25-/m0/s1. The minimum atomic E-state index is -1.39. The van der Waals surface area contributed by atoms with E-state index in [1.54, 1.807) is 19.1 Å². The van der Waals surface area contributed by atoms with Crippen molar-refractivity contribution in [2.75, 3.05) is 13.2 Å². The summed E-state index contributed by atoms with van der Waals surface area (Å²) in [7, 11) is 0. The van der Waals surface area contributed by atoms with Crippen LogP contribution in [0, 0.1) is 0 Å². The summed E-state index contributed by atoms with van der Waals surface area (Å²) in [4.78, 5) is 39.3. The van der Waals surface area contributed by atoms with Gasteiger partial charge in [-0.15, -0.1) is 0 Å². The number of benzene rings is 1. The Morgan fingerprint density at radius 3 is 2.62 bits per heavy atom. The molecule has 4 atom stereocenters. The van der Waals surface area contributed by atoms with E-state index in [1.165, 1.54) is 6.92 Å². The van der Waals surface area contributed by atoms with Gasteiger partial charge in [-0.25, -0.2) is 0 Å². The average Bonchev–Trinajstić information content (AvgIpc) is 2.77. The first kappa shape index (κ1) is 24.3. The van der Waals surface area contributed by atoms with Crippen molar-refractivity contribution in [2.24, 2.45) is 0 Å². The van der Waals surface area contributed by atoms with Gasteiger partial charge in [-0.05, 0) is 38.0 Å². The van der Waals surface area contributed by atoms with E-state index < -0.39 is 42.8 Å². The van der Waals surface area contributed by atoms with Crippen LogP contribution >= 0.6 is 0 Å².